The van der Waals surface area contributed by atoms with E-state index in [9.17, 15) is 13.2 Å². The number of sulfonamides is 1. The van der Waals surface area contributed by atoms with E-state index in [4.69, 9.17) is 0 Å². The monoisotopic (exact) mass is 400 g/mol. The number of hydrogen-bond acceptors (Lipinski definition) is 3. The molecule has 2 atom stereocenters. The highest BCUT2D eigenvalue weighted by Crippen LogP contribution is 2.26. The molecule has 1 aliphatic carbocycles. The van der Waals surface area contributed by atoms with Crippen LogP contribution >= 0.6 is 0 Å². The molecule has 0 saturated heterocycles. The molecule has 0 saturated carbocycles. The van der Waals surface area contributed by atoms with E-state index in [1.807, 2.05) is 13.0 Å². The molecule has 0 radical (unpaired) electrons. The number of carbonyl (C=O) groups excluding carboxylic acids is 1. The zero-order chi connectivity index (χ0) is 20.3. The van der Waals surface area contributed by atoms with E-state index in [-0.39, 0.29) is 11.9 Å². The van der Waals surface area contributed by atoms with Crippen molar-refractivity contribution in [2.75, 3.05) is 13.3 Å². The van der Waals surface area contributed by atoms with E-state index in [2.05, 4.69) is 23.5 Å². The molecule has 150 valence electrons. The highest BCUT2D eigenvalue weighted by Gasteiger charge is 2.31. The van der Waals surface area contributed by atoms with Crippen molar-refractivity contribution < 1.29 is 13.2 Å². The number of fused-ring (bicyclic) bond motifs is 1. The lowest BCUT2D eigenvalue weighted by atomic mass is 9.89. The Morgan fingerprint density at radius 1 is 1.00 bits per heavy atom. The van der Waals surface area contributed by atoms with Gasteiger partial charge in [0.2, 0.25) is 15.9 Å². The fourth-order valence-corrected chi connectivity index (χ4v) is 4.35. The summed E-state index contributed by atoms with van der Waals surface area (Å²) in [5, 5.41) is 3.01. The molecular weight excluding hydrogens is 372 g/mol. The number of aryl methyl sites for hydroxylation is 2. The summed E-state index contributed by atoms with van der Waals surface area (Å²) in [5.74, 6) is -0.329. The fraction of sp³-hybridized carbons (Fsp3) is 0.409. The van der Waals surface area contributed by atoms with Crippen molar-refractivity contribution >= 4 is 15.9 Å². The van der Waals surface area contributed by atoms with Gasteiger partial charge in [0.1, 0.15) is 6.04 Å². The zero-order valence-corrected chi connectivity index (χ0v) is 17.5. The van der Waals surface area contributed by atoms with Crippen LogP contribution in [0.5, 0.6) is 0 Å². The Bertz CT molecular complexity index is 942. The van der Waals surface area contributed by atoms with Crippen molar-refractivity contribution in [2.24, 2.45) is 0 Å². The van der Waals surface area contributed by atoms with Crippen molar-refractivity contribution in [3.63, 3.8) is 0 Å². The minimum Gasteiger partial charge on any atom is -0.348 e. The van der Waals surface area contributed by atoms with Crippen molar-refractivity contribution in [3.8, 4) is 0 Å². The van der Waals surface area contributed by atoms with E-state index >= 15 is 0 Å². The number of carbonyl (C=O) groups is 1. The Balaban J connectivity index is 1.83. The van der Waals surface area contributed by atoms with E-state index < -0.39 is 16.1 Å². The number of nitrogens with zero attached hydrogens (tertiary/aromatic N) is 1. The molecule has 0 unspecified atom stereocenters. The highest BCUT2D eigenvalue weighted by atomic mass is 32.2. The first-order valence-electron chi connectivity index (χ1n) is 9.67. The summed E-state index contributed by atoms with van der Waals surface area (Å²) in [7, 11) is -2.09. The van der Waals surface area contributed by atoms with Crippen LogP contribution in [0.25, 0.3) is 0 Å². The molecule has 0 aliphatic heterocycles. The van der Waals surface area contributed by atoms with Crippen LogP contribution in [0.15, 0.2) is 48.5 Å². The van der Waals surface area contributed by atoms with Gasteiger partial charge in [-0.3, -0.25) is 4.79 Å². The van der Waals surface area contributed by atoms with E-state index in [1.54, 1.807) is 24.3 Å². The van der Waals surface area contributed by atoms with E-state index in [1.165, 1.54) is 31.0 Å². The Morgan fingerprint density at radius 3 is 2.29 bits per heavy atom. The lowest BCUT2D eigenvalue weighted by Crippen LogP contribution is -2.42. The predicted octanol–water partition coefficient (Wildman–Crippen LogP) is 3.38. The smallest absolute Gasteiger partial charge is 0.243 e. The molecule has 5 nitrogen and oxygen atoms in total. The van der Waals surface area contributed by atoms with Gasteiger partial charge in [-0.1, -0.05) is 48.5 Å². The Kier molecular flexibility index (Phi) is 6.20. The van der Waals surface area contributed by atoms with Gasteiger partial charge >= 0.3 is 0 Å². The van der Waals surface area contributed by atoms with E-state index in [0.29, 0.717) is 5.56 Å². The van der Waals surface area contributed by atoms with Gasteiger partial charge in [-0.25, -0.2) is 8.42 Å². The first kappa shape index (κ1) is 20.6. The first-order valence-corrected chi connectivity index (χ1v) is 11.5. The second kappa shape index (κ2) is 8.45. The van der Waals surface area contributed by atoms with Gasteiger partial charge in [0.05, 0.1) is 12.3 Å². The summed E-state index contributed by atoms with van der Waals surface area (Å²) < 4.78 is 25.3. The van der Waals surface area contributed by atoms with Gasteiger partial charge in [-0.2, -0.15) is 4.31 Å². The summed E-state index contributed by atoms with van der Waals surface area (Å²) in [4.78, 5) is 13.1. The quantitative estimate of drug-likeness (QED) is 0.808. The lowest BCUT2D eigenvalue weighted by molar-refractivity contribution is -0.125. The van der Waals surface area contributed by atoms with Crippen LogP contribution in [0.3, 0.4) is 0 Å². The Morgan fingerprint density at radius 2 is 1.64 bits per heavy atom. The molecule has 2 aromatic rings. The maximum Gasteiger partial charge on any atom is 0.243 e. The molecule has 1 amide bonds. The van der Waals surface area contributed by atoms with Gasteiger partial charge in [0.15, 0.2) is 0 Å². The number of rotatable bonds is 6. The van der Waals surface area contributed by atoms with Crippen LogP contribution < -0.4 is 5.32 Å². The average Bonchev–Trinajstić information content (AvgIpc) is 2.67. The van der Waals surface area contributed by atoms with Gasteiger partial charge in [-0.05, 0) is 54.9 Å². The molecule has 0 aromatic heterocycles. The average molecular weight is 401 g/mol. The third-order valence-electron chi connectivity index (χ3n) is 5.48. The molecule has 0 fully saturated rings. The summed E-state index contributed by atoms with van der Waals surface area (Å²) >= 11 is 0. The number of nitrogens with one attached hydrogen (secondary N) is 1. The molecule has 1 aliphatic rings. The van der Waals surface area contributed by atoms with Gasteiger partial charge in [0, 0.05) is 7.05 Å². The molecular formula is C22H28N2O3S. The van der Waals surface area contributed by atoms with Crippen molar-refractivity contribution in [1.82, 2.24) is 9.62 Å². The largest absolute Gasteiger partial charge is 0.348 e. The molecule has 1 N–H and O–H groups in total. The topological polar surface area (TPSA) is 66.5 Å². The van der Waals surface area contributed by atoms with Crippen LogP contribution in [0.2, 0.25) is 0 Å². The standard InChI is InChI=1S/C22H28N2O3S/c1-16(19-14-13-17-9-7-8-12-20(17)15-19)23-22(25)21(24(2)28(3,26)27)18-10-5-4-6-11-18/h4-6,10-11,13-16,21H,7-9,12H2,1-3H3,(H,23,25)/t16-,21-/m1/s1. The maximum atomic E-state index is 13.1. The molecule has 6 heteroatoms. The number of amides is 1. The summed E-state index contributed by atoms with van der Waals surface area (Å²) in [6.07, 6.45) is 5.74. The number of likely N-dealkylation sites (N-methyl/N-ethyl adjacent to an activating group) is 1. The minimum atomic E-state index is -3.54. The van der Waals surface area contributed by atoms with Crippen LogP contribution in [-0.2, 0) is 27.7 Å². The first-order chi connectivity index (χ1) is 13.3. The summed E-state index contributed by atoms with van der Waals surface area (Å²) in [6.45, 7) is 1.94. The second-order valence-electron chi connectivity index (χ2n) is 7.56. The second-order valence-corrected chi connectivity index (χ2v) is 9.60. The zero-order valence-electron chi connectivity index (χ0n) is 16.7. The molecule has 2 aromatic carbocycles. The molecule has 0 heterocycles. The van der Waals surface area contributed by atoms with E-state index in [0.717, 1.165) is 29.0 Å². The maximum absolute atomic E-state index is 13.1. The van der Waals surface area contributed by atoms with Crippen LogP contribution in [0, 0.1) is 0 Å². The molecule has 0 bridgehead atoms. The Hall–Kier alpha value is -2.18. The normalized spacial score (nSPS) is 16.3. The van der Waals surface area contributed by atoms with Crippen LogP contribution in [0.4, 0.5) is 0 Å². The molecule has 0 spiro atoms. The van der Waals surface area contributed by atoms with Crippen molar-refractivity contribution in [3.05, 3.63) is 70.8 Å². The lowest BCUT2D eigenvalue weighted by Gasteiger charge is -2.27. The SMILES string of the molecule is C[C@@H](NC(=O)[C@@H](c1ccccc1)N(C)S(C)(=O)=O)c1ccc2c(c1)CCCC2. The third-order valence-corrected chi connectivity index (χ3v) is 6.74. The van der Waals surface area contributed by atoms with Crippen molar-refractivity contribution in [2.45, 2.75) is 44.7 Å². The molecule has 28 heavy (non-hydrogen) atoms. The minimum absolute atomic E-state index is 0.209. The fourth-order valence-electron chi connectivity index (χ4n) is 3.75. The summed E-state index contributed by atoms with van der Waals surface area (Å²) in [5.41, 5.74) is 4.44. The van der Waals surface area contributed by atoms with Gasteiger partial charge < -0.3 is 5.32 Å². The van der Waals surface area contributed by atoms with Gasteiger partial charge in [0.25, 0.3) is 0 Å². The predicted molar refractivity (Wildman–Crippen MR) is 111 cm³/mol. The summed E-state index contributed by atoms with van der Waals surface area (Å²) in [6, 6.07) is 14.3. The number of hydrogen-bond donors (Lipinski definition) is 1. The van der Waals surface area contributed by atoms with Crippen molar-refractivity contribution in [1.29, 1.82) is 0 Å². The Labute approximate surface area is 167 Å². The highest BCUT2D eigenvalue weighted by molar-refractivity contribution is 7.88. The number of benzene rings is 2. The van der Waals surface area contributed by atoms with Crippen LogP contribution in [0.1, 0.15) is 54.1 Å². The van der Waals surface area contributed by atoms with Crippen LogP contribution in [-0.4, -0.2) is 31.9 Å². The third kappa shape index (κ3) is 4.62. The molecule has 3 rings (SSSR count). The van der Waals surface area contributed by atoms with Gasteiger partial charge in [-0.15, -0.1) is 0 Å².